The zero-order chi connectivity index (χ0) is 20.3. The Labute approximate surface area is 192 Å². The van der Waals surface area contributed by atoms with Gasteiger partial charge < -0.3 is 9.80 Å². The van der Waals surface area contributed by atoms with E-state index in [0.29, 0.717) is 13.1 Å². The third-order valence-corrected chi connectivity index (χ3v) is 4.96. The number of likely N-dealkylation sites (N-methyl/N-ethyl adjacent to an activating group) is 1. The van der Waals surface area contributed by atoms with Crippen LogP contribution in [0.3, 0.4) is 0 Å². The molecule has 0 N–H and O–H groups in total. The molecule has 1 aliphatic rings. The van der Waals surface area contributed by atoms with Crippen LogP contribution < -0.4 is 9.80 Å². The van der Waals surface area contributed by atoms with Gasteiger partial charge in [0.1, 0.15) is 0 Å². The number of hydrogen-bond donors (Lipinski definition) is 0. The van der Waals surface area contributed by atoms with Gasteiger partial charge >= 0.3 is 0 Å². The molecule has 1 saturated heterocycles. The molecule has 0 bridgehead atoms. The molecule has 0 aliphatic carbocycles. The largest absolute Gasteiger partial charge is 0.378 e. The number of carbonyl (C=O) groups excluding carboxylic acids is 1. The molecule has 0 unspecified atom stereocenters. The fourth-order valence-corrected chi connectivity index (χ4v) is 3.35. The molecule has 0 atom stereocenters. The molecule has 0 spiro atoms. The number of halogens is 2. The lowest BCUT2D eigenvalue weighted by Crippen LogP contribution is -2.34. The Kier molecular flexibility index (Phi) is 9.63. The molecule has 1 fully saturated rings. The lowest BCUT2D eigenvalue weighted by Gasteiger charge is -2.26. The summed E-state index contributed by atoms with van der Waals surface area (Å²) in [5, 5.41) is 0. The summed E-state index contributed by atoms with van der Waals surface area (Å²) < 4.78 is 0. The van der Waals surface area contributed by atoms with Crippen LogP contribution in [-0.4, -0.2) is 59.0 Å². The predicted molar refractivity (Wildman–Crippen MR) is 134 cm³/mol. The second-order valence-electron chi connectivity index (χ2n) is 7.81. The van der Waals surface area contributed by atoms with Crippen LogP contribution in [-0.2, 0) is 4.79 Å². The Bertz CT molecular complexity index is 828. The van der Waals surface area contributed by atoms with E-state index < -0.39 is 0 Å². The van der Waals surface area contributed by atoms with Gasteiger partial charge in [0.25, 0.3) is 0 Å². The van der Waals surface area contributed by atoms with Gasteiger partial charge in [-0.25, -0.2) is 0 Å². The minimum atomic E-state index is 0. The van der Waals surface area contributed by atoms with Crippen LogP contribution in [0, 0.1) is 0 Å². The van der Waals surface area contributed by atoms with Crippen molar-refractivity contribution < 1.29 is 4.79 Å². The number of hydrogen-bond acceptors (Lipinski definition) is 4. The van der Waals surface area contributed by atoms with E-state index in [2.05, 4.69) is 70.3 Å². The molecule has 0 aromatic heterocycles. The number of benzene rings is 2. The molecule has 4 nitrogen and oxygen atoms in total. The zero-order valence-corrected chi connectivity index (χ0v) is 19.9. The first-order valence-electron chi connectivity index (χ1n) is 9.52. The van der Waals surface area contributed by atoms with Gasteiger partial charge in [0.05, 0.1) is 0 Å². The molecule has 30 heavy (non-hydrogen) atoms. The number of ketones is 1. The van der Waals surface area contributed by atoms with E-state index in [1.165, 1.54) is 0 Å². The standard InChI is InChI=1S/C24H29N3O.2ClH/c1-25(2)22-10-6-18(7-11-22)14-20-16-27(5)17-21(24(20)28)15-19-8-12-23(13-9-19)26(3)4;;/h6-15H,16-17H2,1-5H3;2*1H/b20-14+,21-15+;;. The van der Waals surface area contributed by atoms with E-state index in [4.69, 9.17) is 0 Å². The minimum absolute atomic E-state index is 0. The Hall–Kier alpha value is -2.27. The van der Waals surface area contributed by atoms with Crippen molar-refractivity contribution in [2.24, 2.45) is 0 Å². The molecular formula is C24H31Cl2N3O. The molecule has 1 heterocycles. The molecule has 162 valence electrons. The normalized spacial score (nSPS) is 16.8. The van der Waals surface area contributed by atoms with Gasteiger partial charge in [-0.05, 0) is 54.6 Å². The van der Waals surface area contributed by atoms with Crippen molar-refractivity contribution in [3.05, 3.63) is 70.8 Å². The maximum absolute atomic E-state index is 13.1. The molecule has 0 saturated carbocycles. The Balaban J connectivity index is 0.00000225. The molecule has 1 aliphatic heterocycles. The maximum Gasteiger partial charge on any atom is 0.187 e. The second kappa shape index (κ2) is 11.2. The number of nitrogens with zero attached hydrogens (tertiary/aromatic N) is 3. The molecule has 6 heteroatoms. The van der Waals surface area contributed by atoms with Gasteiger partial charge in [0.15, 0.2) is 5.78 Å². The monoisotopic (exact) mass is 447 g/mol. The summed E-state index contributed by atoms with van der Waals surface area (Å²) in [6.45, 7) is 1.34. The number of likely N-dealkylation sites (tertiary alicyclic amines) is 1. The first-order chi connectivity index (χ1) is 13.3. The number of Topliss-reactive ketones (excluding diaryl/α,β-unsaturated/α-hetero) is 1. The van der Waals surface area contributed by atoms with Crippen LogP contribution in [0.4, 0.5) is 11.4 Å². The van der Waals surface area contributed by atoms with Gasteiger partial charge in [-0.15, -0.1) is 24.8 Å². The van der Waals surface area contributed by atoms with Gasteiger partial charge in [-0.1, -0.05) is 24.3 Å². The van der Waals surface area contributed by atoms with Crippen molar-refractivity contribution in [3.8, 4) is 0 Å². The smallest absolute Gasteiger partial charge is 0.187 e. The van der Waals surface area contributed by atoms with Crippen LogP contribution in [0.25, 0.3) is 12.2 Å². The first-order valence-corrected chi connectivity index (χ1v) is 9.52. The molecule has 3 rings (SSSR count). The van der Waals surface area contributed by atoms with Gasteiger partial charge in [-0.3, -0.25) is 9.69 Å². The van der Waals surface area contributed by atoms with Crippen molar-refractivity contribution in [2.75, 3.05) is 58.1 Å². The highest BCUT2D eigenvalue weighted by Gasteiger charge is 2.23. The fraction of sp³-hybridized carbons (Fsp3) is 0.292. The Morgan fingerprint density at radius 2 is 1.03 bits per heavy atom. The predicted octanol–water partition coefficient (Wildman–Crippen LogP) is 4.64. The molecule has 2 aromatic rings. The van der Waals surface area contributed by atoms with Crippen molar-refractivity contribution >= 4 is 54.1 Å². The Morgan fingerprint density at radius 3 is 1.33 bits per heavy atom. The van der Waals surface area contributed by atoms with Crippen LogP contribution in [0.5, 0.6) is 0 Å². The number of carbonyl (C=O) groups is 1. The lowest BCUT2D eigenvalue weighted by atomic mass is 9.94. The summed E-state index contributed by atoms with van der Waals surface area (Å²) in [5.74, 6) is 0.145. The van der Waals surface area contributed by atoms with Crippen molar-refractivity contribution in [2.45, 2.75) is 0 Å². The average Bonchev–Trinajstić information content (AvgIpc) is 2.66. The van der Waals surface area contributed by atoms with Crippen LogP contribution in [0.15, 0.2) is 59.7 Å². The SMILES string of the molecule is CN1C/C(=C\c2ccc(N(C)C)cc2)C(=O)/C(=C/c2ccc(N(C)C)cc2)C1.Cl.Cl. The molecule has 0 amide bonds. The highest BCUT2D eigenvalue weighted by molar-refractivity contribution is 6.14. The summed E-state index contributed by atoms with van der Waals surface area (Å²) >= 11 is 0. The van der Waals surface area contributed by atoms with Crippen LogP contribution in [0.2, 0.25) is 0 Å². The molecule has 0 radical (unpaired) electrons. The fourth-order valence-electron chi connectivity index (χ4n) is 3.35. The van der Waals surface area contributed by atoms with Gasteiger partial charge in [0.2, 0.25) is 0 Å². The summed E-state index contributed by atoms with van der Waals surface area (Å²) in [5.41, 5.74) is 6.08. The van der Waals surface area contributed by atoms with E-state index in [0.717, 1.165) is 33.6 Å². The lowest BCUT2D eigenvalue weighted by molar-refractivity contribution is -0.113. The summed E-state index contributed by atoms with van der Waals surface area (Å²) in [6.07, 6.45) is 4.03. The van der Waals surface area contributed by atoms with Crippen LogP contribution >= 0.6 is 24.8 Å². The first kappa shape index (κ1) is 25.8. The molecule has 2 aromatic carbocycles. The minimum Gasteiger partial charge on any atom is -0.378 e. The van der Waals surface area contributed by atoms with Crippen molar-refractivity contribution in [3.63, 3.8) is 0 Å². The summed E-state index contributed by atoms with van der Waals surface area (Å²) in [7, 11) is 10.1. The van der Waals surface area contributed by atoms with E-state index in [1.807, 2.05) is 40.3 Å². The molecular weight excluding hydrogens is 417 g/mol. The maximum atomic E-state index is 13.1. The second-order valence-corrected chi connectivity index (χ2v) is 7.81. The topological polar surface area (TPSA) is 26.8 Å². The van der Waals surface area contributed by atoms with Crippen molar-refractivity contribution in [1.82, 2.24) is 4.90 Å². The van der Waals surface area contributed by atoms with Gasteiger partial charge in [0, 0.05) is 63.8 Å². The van der Waals surface area contributed by atoms with Crippen molar-refractivity contribution in [1.29, 1.82) is 0 Å². The van der Waals surface area contributed by atoms with Crippen LogP contribution in [0.1, 0.15) is 11.1 Å². The van der Waals surface area contributed by atoms with E-state index in [-0.39, 0.29) is 30.6 Å². The number of piperidine rings is 1. The number of anilines is 2. The third-order valence-electron chi connectivity index (χ3n) is 4.96. The van der Waals surface area contributed by atoms with E-state index in [9.17, 15) is 4.79 Å². The Morgan fingerprint density at radius 1 is 0.700 bits per heavy atom. The van der Waals surface area contributed by atoms with Gasteiger partial charge in [-0.2, -0.15) is 0 Å². The highest BCUT2D eigenvalue weighted by Crippen LogP contribution is 2.23. The van der Waals surface area contributed by atoms with E-state index >= 15 is 0 Å². The zero-order valence-electron chi connectivity index (χ0n) is 18.3. The highest BCUT2D eigenvalue weighted by atomic mass is 35.5. The quantitative estimate of drug-likeness (QED) is 0.637. The number of rotatable bonds is 4. The third kappa shape index (κ3) is 6.36. The van der Waals surface area contributed by atoms with E-state index in [1.54, 1.807) is 0 Å². The average molecular weight is 448 g/mol. The summed E-state index contributed by atoms with van der Waals surface area (Å²) in [4.78, 5) is 19.4. The summed E-state index contributed by atoms with van der Waals surface area (Å²) in [6, 6.07) is 16.6.